The Hall–Kier alpha value is -3.43. The van der Waals surface area contributed by atoms with Crippen LogP contribution in [0, 0.1) is 21.4 Å². The van der Waals surface area contributed by atoms with Crippen molar-refractivity contribution in [2.24, 2.45) is 0 Å². The van der Waals surface area contributed by atoms with Crippen molar-refractivity contribution < 1.29 is 4.92 Å². The van der Waals surface area contributed by atoms with E-state index in [2.05, 4.69) is 40.2 Å². The van der Waals surface area contributed by atoms with Crippen LogP contribution >= 0.6 is 0 Å². The molecule has 0 radical (unpaired) electrons. The molecular formula is C22H22N4O2. The van der Waals surface area contributed by atoms with E-state index in [0.717, 1.165) is 38.4 Å². The van der Waals surface area contributed by atoms with Crippen molar-refractivity contribution in [1.29, 1.82) is 5.26 Å². The Kier molecular flexibility index (Phi) is 6.55. The zero-order valence-corrected chi connectivity index (χ0v) is 15.6. The maximum Gasteiger partial charge on any atom is 0.270 e. The monoisotopic (exact) mass is 374 g/mol. The number of hydrogen-bond donors (Lipinski definition) is 0. The number of rotatable bonds is 6. The number of nitro groups is 1. The van der Waals surface area contributed by atoms with Crippen molar-refractivity contribution in [2.75, 3.05) is 32.7 Å². The smallest absolute Gasteiger partial charge is 0.270 e. The van der Waals surface area contributed by atoms with Gasteiger partial charge in [-0.05, 0) is 5.56 Å². The Morgan fingerprint density at radius 1 is 1.11 bits per heavy atom. The largest absolute Gasteiger partial charge is 0.368 e. The van der Waals surface area contributed by atoms with E-state index in [1.807, 2.05) is 24.3 Å². The molecule has 1 heterocycles. The number of allylic oxidation sites excluding steroid dienone is 1. The average molecular weight is 374 g/mol. The first kappa shape index (κ1) is 19.3. The van der Waals surface area contributed by atoms with Gasteiger partial charge in [-0.1, -0.05) is 54.6 Å². The van der Waals surface area contributed by atoms with Gasteiger partial charge in [-0.25, -0.2) is 0 Å². The molecule has 0 N–H and O–H groups in total. The van der Waals surface area contributed by atoms with Gasteiger partial charge in [0, 0.05) is 56.5 Å². The highest BCUT2D eigenvalue weighted by molar-refractivity contribution is 5.68. The van der Waals surface area contributed by atoms with Crippen molar-refractivity contribution in [2.45, 2.75) is 0 Å². The minimum atomic E-state index is -0.412. The number of piperazine rings is 1. The summed E-state index contributed by atoms with van der Waals surface area (Å²) in [5, 5.41) is 20.2. The van der Waals surface area contributed by atoms with E-state index < -0.39 is 4.92 Å². The molecule has 142 valence electrons. The second-order valence-corrected chi connectivity index (χ2v) is 6.57. The molecule has 1 aliphatic heterocycles. The van der Waals surface area contributed by atoms with E-state index in [9.17, 15) is 15.4 Å². The predicted molar refractivity (Wildman–Crippen MR) is 110 cm³/mol. The predicted octanol–water partition coefficient (Wildman–Crippen LogP) is 3.79. The molecule has 0 bridgehead atoms. The molecule has 2 aromatic rings. The van der Waals surface area contributed by atoms with Crippen LogP contribution in [0.15, 0.2) is 66.7 Å². The number of nitriles is 1. The van der Waals surface area contributed by atoms with Gasteiger partial charge in [0.2, 0.25) is 0 Å². The minimum Gasteiger partial charge on any atom is -0.368 e. The summed E-state index contributed by atoms with van der Waals surface area (Å²) >= 11 is 0. The third-order valence-corrected chi connectivity index (χ3v) is 4.74. The van der Waals surface area contributed by atoms with Crippen LogP contribution in [0.5, 0.6) is 0 Å². The fraction of sp³-hybridized carbons (Fsp3) is 0.227. The zero-order valence-electron chi connectivity index (χ0n) is 15.6. The number of hydrogen-bond acceptors (Lipinski definition) is 5. The molecular weight excluding hydrogens is 352 g/mol. The Labute approximate surface area is 164 Å². The Morgan fingerprint density at radius 3 is 2.54 bits per heavy atom. The van der Waals surface area contributed by atoms with E-state index in [4.69, 9.17) is 0 Å². The standard InChI is InChI=1S/C22H22N4O2/c23-12-11-22(20-9-4-10-21(18-20)26(27)28)25-16-14-24(15-17-25)13-5-8-19-6-2-1-3-7-19/h1-11,18H,13-17H2/b8-5+,22-11+. The summed E-state index contributed by atoms with van der Waals surface area (Å²) in [6.45, 7) is 4.16. The van der Waals surface area contributed by atoms with Gasteiger partial charge in [0.1, 0.15) is 0 Å². The van der Waals surface area contributed by atoms with Gasteiger partial charge >= 0.3 is 0 Å². The van der Waals surface area contributed by atoms with Gasteiger partial charge in [-0.15, -0.1) is 0 Å². The van der Waals surface area contributed by atoms with E-state index in [0.29, 0.717) is 5.56 Å². The lowest BCUT2D eigenvalue weighted by molar-refractivity contribution is -0.384. The highest BCUT2D eigenvalue weighted by Crippen LogP contribution is 2.24. The molecule has 0 spiro atoms. The number of nitro benzene ring substituents is 1. The fourth-order valence-electron chi connectivity index (χ4n) is 3.27. The van der Waals surface area contributed by atoms with Crippen molar-refractivity contribution >= 4 is 17.5 Å². The first-order chi connectivity index (χ1) is 13.7. The van der Waals surface area contributed by atoms with Crippen molar-refractivity contribution in [3.8, 4) is 6.07 Å². The van der Waals surface area contributed by atoms with Crippen LogP contribution in [0.2, 0.25) is 0 Å². The SMILES string of the molecule is N#C/C=C(\c1cccc([N+](=O)[O-])c1)N1CCN(C/C=C/c2ccccc2)CC1. The number of non-ortho nitro benzene ring substituents is 1. The van der Waals surface area contributed by atoms with E-state index in [1.54, 1.807) is 6.07 Å². The summed E-state index contributed by atoms with van der Waals surface area (Å²) in [5.74, 6) is 0. The average Bonchev–Trinajstić information content (AvgIpc) is 2.73. The zero-order chi connectivity index (χ0) is 19.8. The number of benzene rings is 2. The fourth-order valence-corrected chi connectivity index (χ4v) is 3.27. The first-order valence-electron chi connectivity index (χ1n) is 9.21. The van der Waals surface area contributed by atoms with Gasteiger partial charge in [-0.2, -0.15) is 5.26 Å². The van der Waals surface area contributed by atoms with Gasteiger partial charge in [0.25, 0.3) is 5.69 Å². The Morgan fingerprint density at radius 2 is 1.86 bits per heavy atom. The molecule has 6 heteroatoms. The highest BCUT2D eigenvalue weighted by atomic mass is 16.6. The maximum atomic E-state index is 11.1. The van der Waals surface area contributed by atoms with Crippen LogP contribution in [0.3, 0.4) is 0 Å². The third kappa shape index (κ3) is 5.06. The molecule has 28 heavy (non-hydrogen) atoms. The maximum absolute atomic E-state index is 11.1. The normalized spacial score (nSPS) is 15.5. The summed E-state index contributed by atoms with van der Waals surface area (Å²) in [4.78, 5) is 15.1. The Bertz CT molecular complexity index is 908. The van der Waals surface area contributed by atoms with Gasteiger partial charge < -0.3 is 4.90 Å². The molecule has 0 amide bonds. The molecule has 0 aliphatic carbocycles. The van der Waals surface area contributed by atoms with Crippen molar-refractivity contribution in [3.63, 3.8) is 0 Å². The molecule has 6 nitrogen and oxygen atoms in total. The lowest BCUT2D eigenvalue weighted by atomic mass is 10.1. The van der Waals surface area contributed by atoms with E-state index in [1.165, 1.54) is 23.8 Å². The minimum absolute atomic E-state index is 0.0334. The molecule has 0 atom stereocenters. The van der Waals surface area contributed by atoms with Crippen LogP contribution < -0.4 is 0 Å². The van der Waals surface area contributed by atoms with Gasteiger partial charge in [0.15, 0.2) is 0 Å². The van der Waals surface area contributed by atoms with Gasteiger partial charge in [-0.3, -0.25) is 15.0 Å². The Balaban J connectivity index is 1.61. The molecule has 0 saturated carbocycles. The van der Waals surface area contributed by atoms with Crippen LogP contribution in [0.4, 0.5) is 5.69 Å². The summed E-state index contributed by atoms with van der Waals surface area (Å²) in [7, 11) is 0. The van der Waals surface area contributed by atoms with Crippen LogP contribution in [-0.4, -0.2) is 47.4 Å². The summed E-state index contributed by atoms with van der Waals surface area (Å²) < 4.78 is 0. The van der Waals surface area contributed by atoms with Gasteiger partial charge in [0.05, 0.1) is 16.7 Å². The third-order valence-electron chi connectivity index (χ3n) is 4.74. The molecule has 1 fully saturated rings. The first-order valence-corrected chi connectivity index (χ1v) is 9.21. The highest BCUT2D eigenvalue weighted by Gasteiger charge is 2.20. The molecule has 0 aromatic heterocycles. The summed E-state index contributed by atoms with van der Waals surface area (Å²) in [5.41, 5.74) is 2.66. The van der Waals surface area contributed by atoms with Crippen LogP contribution in [-0.2, 0) is 0 Å². The lowest BCUT2D eigenvalue weighted by Crippen LogP contribution is -2.45. The van der Waals surface area contributed by atoms with E-state index in [-0.39, 0.29) is 5.69 Å². The van der Waals surface area contributed by atoms with Crippen LogP contribution in [0.1, 0.15) is 11.1 Å². The molecule has 3 rings (SSSR count). The number of nitrogens with zero attached hydrogens (tertiary/aromatic N) is 4. The lowest BCUT2D eigenvalue weighted by Gasteiger charge is -2.36. The summed E-state index contributed by atoms with van der Waals surface area (Å²) in [6, 6.07) is 18.7. The van der Waals surface area contributed by atoms with Crippen molar-refractivity contribution in [3.05, 3.63) is 88.0 Å². The molecule has 1 saturated heterocycles. The molecule has 0 unspecified atom stereocenters. The quantitative estimate of drug-likeness (QED) is 0.437. The molecule has 2 aromatic carbocycles. The second kappa shape index (κ2) is 9.49. The topological polar surface area (TPSA) is 73.4 Å². The molecule has 1 aliphatic rings. The van der Waals surface area contributed by atoms with Crippen LogP contribution in [0.25, 0.3) is 11.8 Å². The van der Waals surface area contributed by atoms with Crippen molar-refractivity contribution in [1.82, 2.24) is 9.80 Å². The summed E-state index contributed by atoms with van der Waals surface area (Å²) in [6.07, 6.45) is 5.76. The second-order valence-electron chi connectivity index (χ2n) is 6.57. The van der Waals surface area contributed by atoms with E-state index >= 15 is 0 Å².